The molecule has 0 saturated carbocycles. The van der Waals surface area contributed by atoms with Gasteiger partial charge in [-0.1, -0.05) is 34.1 Å². The number of hydrazine groups is 1. The monoisotopic (exact) mass is 254 g/mol. The summed E-state index contributed by atoms with van der Waals surface area (Å²) >= 11 is 3.44. The summed E-state index contributed by atoms with van der Waals surface area (Å²) in [6, 6.07) is 8.36. The summed E-state index contributed by atoms with van der Waals surface area (Å²) in [7, 11) is 0. The van der Waals surface area contributed by atoms with Crippen LogP contribution in [0.3, 0.4) is 0 Å². The third-order valence-electron chi connectivity index (χ3n) is 2.11. The highest BCUT2D eigenvalue weighted by atomic mass is 79.9. The minimum atomic E-state index is 0.200. The van der Waals surface area contributed by atoms with Gasteiger partial charge in [-0.3, -0.25) is 11.3 Å². The summed E-state index contributed by atoms with van der Waals surface area (Å²) < 4.78 is 1.08. The standard InChI is InChI=1S/C11H15BrN2/c1-2-3-7-11(14-13)9-5-4-6-10(12)8-9/h2,4-6,8,11,14H,1,3,7,13H2. The highest BCUT2D eigenvalue weighted by Crippen LogP contribution is 2.21. The highest BCUT2D eigenvalue weighted by Gasteiger charge is 2.07. The summed E-state index contributed by atoms with van der Waals surface area (Å²) in [6.07, 6.45) is 3.83. The molecular formula is C11H15BrN2. The third kappa shape index (κ3) is 3.25. The van der Waals surface area contributed by atoms with Gasteiger partial charge in [0.1, 0.15) is 0 Å². The Morgan fingerprint density at radius 3 is 2.93 bits per heavy atom. The van der Waals surface area contributed by atoms with Crippen LogP contribution in [0.4, 0.5) is 0 Å². The molecule has 0 aliphatic carbocycles. The van der Waals surface area contributed by atoms with Crippen molar-refractivity contribution in [3.8, 4) is 0 Å². The maximum atomic E-state index is 5.50. The van der Waals surface area contributed by atoms with Crippen LogP contribution >= 0.6 is 15.9 Å². The van der Waals surface area contributed by atoms with E-state index in [1.165, 1.54) is 5.56 Å². The molecule has 0 saturated heterocycles. The van der Waals surface area contributed by atoms with Crippen molar-refractivity contribution in [2.75, 3.05) is 0 Å². The van der Waals surface area contributed by atoms with Gasteiger partial charge in [-0.05, 0) is 30.5 Å². The second-order valence-electron chi connectivity index (χ2n) is 3.14. The molecule has 1 rings (SSSR count). The zero-order valence-electron chi connectivity index (χ0n) is 8.04. The molecule has 3 heteroatoms. The lowest BCUT2D eigenvalue weighted by Gasteiger charge is -2.15. The molecule has 2 nitrogen and oxygen atoms in total. The normalized spacial score (nSPS) is 12.4. The van der Waals surface area contributed by atoms with E-state index < -0.39 is 0 Å². The largest absolute Gasteiger partial charge is 0.271 e. The Labute approximate surface area is 93.3 Å². The van der Waals surface area contributed by atoms with Crippen molar-refractivity contribution in [1.29, 1.82) is 0 Å². The average molecular weight is 255 g/mol. The van der Waals surface area contributed by atoms with E-state index >= 15 is 0 Å². The van der Waals surface area contributed by atoms with E-state index in [4.69, 9.17) is 5.84 Å². The Bertz CT molecular complexity index is 299. The summed E-state index contributed by atoms with van der Waals surface area (Å²) in [5.74, 6) is 5.50. The lowest BCUT2D eigenvalue weighted by molar-refractivity contribution is 0.521. The number of nitrogens with two attached hydrogens (primary N) is 1. The molecule has 76 valence electrons. The first kappa shape index (κ1) is 11.4. The summed E-state index contributed by atoms with van der Waals surface area (Å²) in [5.41, 5.74) is 4.01. The molecule has 1 unspecified atom stereocenters. The molecule has 0 bridgehead atoms. The molecular weight excluding hydrogens is 240 g/mol. The van der Waals surface area contributed by atoms with E-state index in [0.717, 1.165) is 17.3 Å². The maximum absolute atomic E-state index is 5.50. The smallest absolute Gasteiger partial charge is 0.0463 e. The van der Waals surface area contributed by atoms with Crippen LogP contribution in [0.1, 0.15) is 24.4 Å². The molecule has 1 aromatic rings. The van der Waals surface area contributed by atoms with Crippen LogP contribution in [0.2, 0.25) is 0 Å². The van der Waals surface area contributed by atoms with Crippen LogP contribution in [-0.4, -0.2) is 0 Å². The van der Waals surface area contributed by atoms with Gasteiger partial charge < -0.3 is 0 Å². The van der Waals surface area contributed by atoms with E-state index in [-0.39, 0.29) is 6.04 Å². The van der Waals surface area contributed by atoms with Crippen molar-refractivity contribution >= 4 is 15.9 Å². The third-order valence-corrected chi connectivity index (χ3v) is 2.60. The van der Waals surface area contributed by atoms with Crippen molar-refractivity contribution in [2.24, 2.45) is 5.84 Å². The number of allylic oxidation sites excluding steroid dienone is 1. The maximum Gasteiger partial charge on any atom is 0.0463 e. The van der Waals surface area contributed by atoms with Gasteiger partial charge in [0, 0.05) is 10.5 Å². The first-order valence-corrected chi connectivity index (χ1v) is 5.39. The Kier molecular flexibility index (Phi) is 4.87. The summed E-state index contributed by atoms with van der Waals surface area (Å²) in [6.45, 7) is 3.70. The molecule has 0 amide bonds. The topological polar surface area (TPSA) is 38.0 Å². The molecule has 0 aromatic heterocycles. The van der Waals surface area contributed by atoms with Gasteiger partial charge in [-0.15, -0.1) is 6.58 Å². The summed E-state index contributed by atoms with van der Waals surface area (Å²) in [5, 5.41) is 0. The highest BCUT2D eigenvalue weighted by molar-refractivity contribution is 9.10. The second-order valence-corrected chi connectivity index (χ2v) is 4.06. The number of hydrogen-bond acceptors (Lipinski definition) is 2. The van der Waals surface area contributed by atoms with Gasteiger partial charge in [0.25, 0.3) is 0 Å². The number of nitrogens with one attached hydrogen (secondary N) is 1. The SMILES string of the molecule is C=CCCC(NN)c1cccc(Br)c1. The number of halogens is 1. The van der Waals surface area contributed by atoms with Gasteiger partial charge in [-0.25, -0.2) is 0 Å². The quantitative estimate of drug-likeness (QED) is 0.482. The van der Waals surface area contributed by atoms with E-state index in [1.807, 2.05) is 18.2 Å². The minimum absolute atomic E-state index is 0.200. The van der Waals surface area contributed by atoms with E-state index in [9.17, 15) is 0 Å². The van der Waals surface area contributed by atoms with E-state index in [0.29, 0.717) is 0 Å². The molecule has 0 spiro atoms. The number of hydrogen-bond donors (Lipinski definition) is 2. The molecule has 1 aromatic carbocycles. The average Bonchev–Trinajstić information content (AvgIpc) is 2.19. The molecule has 0 radical (unpaired) electrons. The number of rotatable bonds is 5. The van der Waals surface area contributed by atoms with Gasteiger partial charge >= 0.3 is 0 Å². The van der Waals surface area contributed by atoms with Crippen LogP contribution in [0.15, 0.2) is 41.4 Å². The lowest BCUT2D eigenvalue weighted by atomic mass is 10.0. The predicted octanol–water partition coefficient (Wildman–Crippen LogP) is 2.92. The molecule has 0 fully saturated rings. The van der Waals surface area contributed by atoms with Crippen molar-refractivity contribution in [1.82, 2.24) is 5.43 Å². The van der Waals surface area contributed by atoms with Crippen LogP contribution in [0.5, 0.6) is 0 Å². The molecule has 3 N–H and O–H groups in total. The van der Waals surface area contributed by atoms with Gasteiger partial charge in [0.2, 0.25) is 0 Å². The van der Waals surface area contributed by atoms with Crippen LogP contribution < -0.4 is 11.3 Å². The van der Waals surface area contributed by atoms with Crippen molar-refractivity contribution in [2.45, 2.75) is 18.9 Å². The van der Waals surface area contributed by atoms with Crippen molar-refractivity contribution in [3.63, 3.8) is 0 Å². The van der Waals surface area contributed by atoms with Crippen LogP contribution in [0, 0.1) is 0 Å². The van der Waals surface area contributed by atoms with Crippen molar-refractivity contribution in [3.05, 3.63) is 47.0 Å². The predicted molar refractivity (Wildman–Crippen MR) is 63.6 cm³/mol. The Balaban J connectivity index is 2.72. The van der Waals surface area contributed by atoms with Crippen molar-refractivity contribution < 1.29 is 0 Å². The van der Waals surface area contributed by atoms with Crippen LogP contribution in [-0.2, 0) is 0 Å². The van der Waals surface area contributed by atoms with E-state index in [2.05, 4.69) is 40.1 Å². The Morgan fingerprint density at radius 1 is 1.57 bits per heavy atom. The minimum Gasteiger partial charge on any atom is -0.271 e. The van der Waals surface area contributed by atoms with Gasteiger partial charge in [-0.2, -0.15) is 0 Å². The zero-order valence-corrected chi connectivity index (χ0v) is 9.63. The fraction of sp³-hybridized carbons (Fsp3) is 0.273. The molecule has 14 heavy (non-hydrogen) atoms. The Morgan fingerprint density at radius 2 is 2.36 bits per heavy atom. The van der Waals surface area contributed by atoms with Gasteiger partial charge in [0.15, 0.2) is 0 Å². The fourth-order valence-electron chi connectivity index (χ4n) is 1.35. The van der Waals surface area contributed by atoms with Crippen LogP contribution in [0.25, 0.3) is 0 Å². The number of benzene rings is 1. The zero-order chi connectivity index (χ0) is 10.4. The summed E-state index contributed by atoms with van der Waals surface area (Å²) in [4.78, 5) is 0. The molecule has 0 aliphatic heterocycles. The lowest BCUT2D eigenvalue weighted by Crippen LogP contribution is -2.27. The Hall–Kier alpha value is -0.640. The second kappa shape index (κ2) is 5.96. The molecule has 0 aliphatic rings. The molecule has 0 heterocycles. The first-order valence-electron chi connectivity index (χ1n) is 4.60. The first-order chi connectivity index (χ1) is 6.77. The van der Waals surface area contributed by atoms with Gasteiger partial charge in [0.05, 0.1) is 0 Å². The molecule has 1 atom stereocenters. The fourth-order valence-corrected chi connectivity index (χ4v) is 1.77. The van der Waals surface area contributed by atoms with E-state index in [1.54, 1.807) is 0 Å².